The number of nitrogen functional groups attached to an aromatic ring is 1. The smallest absolute Gasteiger partial charge is 0.101 e. The summed E-state index contributed by atoms with van der Waals surface area (Å²) in [6.07, 6.45) is 0. The summed E-state index contributed by atoms with van der Waals surface area (Å²) in [6.45, 7) is 4.33. The minimum absolute atomic E-state index is 0.489. The Morgan fingerprint density at radius 3 is 2.53 bits per heavy atom. The van der Waals surface area contributed by atoms with Crippen molar-refractivity contribution in [3.05, 3.63) is 53.6 Å². The van der Waals surface area contributed by atoms with Gasteiger partial charge in [0.2, 0.25) is 0 Å². The second-order valence-electron chi connectivity index (χ2n) is 4.82. The molecule has 0 aliphatic carbocycles. The molecule has 3 N–H and O–H groups in total. The number of benzene rings is 2. The zero-order valence-corrected chi connectivity index (χ0v) is 11.1. The van der Waals surface area contributed by atoms with Crippen molar-refractivity contribution in [2.24, 2.45) is 0 Å². The lowest BCUT2D eigenvalue weighted by Crippen LogP contribution is -1.96. The summed E-state index contributed by atoms with van der Waals surface area (Å²) in [4.78, 5) is 0. The van der Waals surface area contributed by atoms with E-state index >= 15 is 0 Å². The first-order valence-electron chi connectivity index (χ1n) is 6.27. The predicted octanol–water partition coefficient (Wildman–Crippen LogP) is 4.01. The molecule has 0 bridgehead atoms. The minimum atomic E-state index is 0.489. The first-order valence-corrected chi connectivity index (χ1v) is 6.27. The van der Waals surface area contributed by atoms with Crippen LogP contribution in [0.3, 0.4) is 0 Å². The summed E-state index contributed by atoms with van der Waals surface area (Å²) in [7, 11) is 0. The Morgan fingerprint density at radius 1 is 1.11 bits per heavy atom. The van der Waals surface area contributed by atoms with Gasteiger partial charge in [0.1, 0.15) is 6.07 Å². The molecule has 0 saturated heterocycles. The molecule has 3 nitrogen and oxygen atoms in total. The zero-order chi connectivity index (χ0) is 13.8. The number of nitriles is 1. The van der Waals surface area contributed by atoms with E-state index in [0.29, 0.717) is 17.2 Å². The van der Waals surface area contributed by atoms with Gasteiger partial charge >= 0.3 is 0 Å². The fourth-order valence-electron chi connectivity index (χ4n) is 1.87. The third kappa shape index (κ3) is 3.05. The molecule has 0 radical (unpaired) electrons. The SMILES string of the molecule is CC(C)c1cccc(Nc2ccc(N)c(C#N)c2)c1. The molecule has 2 rings (SSSR count). The number of anilines is 3. The molecule has 0 saturated carbocycles. The van der Waals surface area contributed by atoms with E-state index in [0.717, 1.165) is 11.4 Å². The molecule has 0 fully saturated rings. The first-order chi connectivity index (χ1) is 9.10. The summed E-state index contributed by atoms with van der Waals surface area (Å²) in [5.41, 5.74) is 9.86. The molecular formula is C16H17N3. The van der Waals surface area contributed by atoms with Gasteiger partial charge in [0.15, 0.2) is 0 Å². The van der Waals surface area contributed by atoms with Crippen LogP contribution in [0.4, 0.5) is 17.1 Å². The fourth-order valence-corrected chi connectivity index (χ4v) is 1.87. The molecular weight excluding hydrogens is 234 g/mol. The lowest BCUT2D eigenvalue weighted by Gasteiger charge is -2.11. The van der Waals surface area contributed by atoms with Crippen LogP contribution in [0.5, 0.6) is 0 Å². The topological polar surface area (TPSA) is 61.8 Å². The van der Waals surface area contributed by atoms with Crippen LogP contribution in [-0.2, 0) is 0 Å². The Morgan fingerprint density at radius 2 is 1.84 bits per heavy atom. The van der Waals surface area contributed by atoms with E-state index in [4.69, 9.17) is 11.0 Å². The Labute approximate surface area is 113 Å². The van der Waals surface area contributed by atoms with Crippen molar-refractivity contribution in [2.45, 2.75) is 19.8 Å². The van der Waals surface area contributed by atoms with Gasteiger partial charge in [-0.05, 0) is 41.8 Å². The second kappa shape index (κ2) is 5.45. The monoisotopic (exact) mass is 251 g/mol. The van der Waals surface area contributed by atoms with E-state index < -0.39 is 0 Å². The molecule has 0 spiro atoms. The van der Waals surface area contributed by atoms with E-state index in [9.17, 15) is 0 Å². The highest BCUT2D eigenvalue weighted by Gasteiger charge is 2.03. The Hall–Kier alpha value is -2.47. The van der Waals surface area contributed by atoms with Gasteiger partial charge in [0.05, 0.1) is 5.56 Å². The van der Waals surface area contributed by atoms with Crippen LogP contribution in [-0.4, -0.2) is 0 Å². The van der Waals surface area contributed by atoms with Crippen molar-refractivity contribution in [3.63, 3.8) is 0 Å². The standard InChI is InChI=1S/C16H17N3/c1-11(2)12-4-3-5-14(8-12)19-15-6-7-16(18)13(9-15)10-17/h3-9,11,19H,18H2,1-2H3. The quantitative estimate of drug-likeness (QED) is 0.810. The third-order valence-electron chi connectivity index (χ3n) is 3.02. The van der Waals surface area contributed by atoms with Crippen LogP contribution in [0.1, 0.15) is 30.9 Å². The zero-order valence-electron chi connectivity index (χ0n) is 11.1. The number of rotatable bonds is 3. The molecule has 19 heavy (non-hydrogen) atoms. The summed E-state index contributed by atoms with van der Waals surface area (Å²) in [5.74, 6) is 0.489. The molecule has 0 aromatic heterocycles. The van der Waals surface area contributed by atoms with Crippen molar-refractivity contribution >= 4 is 17.1 Å². The molecule has 0 heterocycles. The van der Waals surface area contributed by atoms with Crippen molar-refractivity contribution in [1.29, 1.82) is 5.26 Å². The highest BCUT2D eigenvalue weighted by atomic mass is 14.9. The van der Waals surface area contributed by atoms with Gasteiger partial charge in [-0.1, -0.05) is 26.0 Å². The molecule has 2 aromatic carbocycles. The lowest BCUT2D eigenvalue weighted by atomic mass is 10.0. The molecule has 2 aromatic rings. The Balaban J connectivity index is 2.26. The van der Waals surface area contributed by atoms with Crippen LogP contribution in [0, 0.1) is 11.3 Å². The fraction of sp³-hybridized carbons (Fsp3) is 0.188. The first kappa shape index (κ1) is 13.0. The van der Waals surface area contributed by atoms with Crippen LogP contribution in [0.25, 0.3) is 0 Å². The molecule has 96 valence electrons. The van der Waals surface area contributed by atoms with Crippen molar-refractivity contribution < 1.29 is 0 Å². The van der Waals surface area contributed by atoms with Gasteiger partial charge in [-0.25, -0.2) is 0 Å². The highest BCUT2D eigenvalue weighted by Crippen LogP contribution is 2.24. The average molecular weight is 251 g/mol. The van der Waals surface area contributed by atoms with Gasteiger partial charge in [-0.15, -0.1) is 0 Å². The Bertz CT molecular complexity index is 624. The van der Waals surface area contributed by atoms with Crippen LogP contribution < -0.4 is 11.1 Å². The van der Waals surface area contributed by atoms with Gasteiger partial charge in [0.25, 0.3) is 0 Å². The molecule has 0 aliphatic heterocycles. The van der Waals surface area contributed by atoms with Gasteiger partial charge < -0.3 is 11.1 Å². The summed E-state index contributed by atoms with van der Waals surface area (Å²) in [6, 6.07) is 15.7. The van der Waals surface area contributed by atoms with E-state index in [2.05, 4.69) is 37.4 Å². The molecule has 3 heteroatoms. The number of nitrogens with two attached hydrogens (primary N) is 1. The average Bonchev–Trinajstić information content (AvgIpc) is 2.41. The third-order valence-corrected chi connectivity index (χ3v) is 3.02. The summed E-state index contributed by atoms with van der Waals surface area (Å²) in [5, 5.41) is 12.3. The molecule has 0 atom stereocenters. The highest BCUT2D eigenvalue weighted by molar-refractivity contribution is 5.67. The van der Waals surface area contributed by atoms with E-state index in [1.807, 2.05) is 18.2 Å². The van der Waals surface area contributed by atoms with Gasteiger partial charge in [-0.3, -0.25) is 0 Å². The number of nitrogens with zero attached hydrogens (tertiary/aromatic N) is 1. The summed E-state index contributed by atoms with van der Waals surface area (Å²) >= 11 is 0. The van der Waals surface area contributed by atoms with Crippen LogP contribution >= 0.6 is 0 Å². The van der Waals surface area contributed by atoms with Crippen molar-refractivity contribution in [1.82, 2.24) is 0 Å². The molecule has 0 unspecified atom stereocenters. The number of hydrogen-bond acceptors (Lipinski definition) is 3. The van der Waals surface area contributed by atoms with Crippen LogP contribution in [0.2, 0.25) is 0 Å². The van der Waals surface area contributed by atoms with Crippen molar-refractivity contribution in [3.8, 4) is 6.07 Å². The normalized spacial score (nSPS) is 10.2. The second-order valence-corrected chi connectivity index (χ2v) is 4.82. The molecule has 0 amide bonds. The Kier molecular flexibility index (Phi) is 3.72. The maximum Gasteiger partial charge on any atom is 0.101 e. The van der Waals surface area contributed by atoms with Gasteiger partial charge in [0, 0.05) is 17.1 Å². The predicted molar refractivity (Wildman–Crippen MR) is 79.4 cm³/mol. The van der Waals surface area contributed by atoms with Crippen molar-refractivity contribution in [2.75, 3.05) is 11.1 Å². The minimum Gasteiger partial charge on any atom is -0.398 e. The van der Waals surface area contributed by atoms with E-state index in [1.54, 1.807) is 12.1 Å². The van der Waals surface area contributed by atoms with Gasteiger partial charge in [-0.2, -0.15) is 5.26 Å². The number of nitrogens with one attached hydrogen (secondary N) is 1. The number of hydrogen-bond donors (Lipinski definition) is 2. The van der Waals surface area contributed by atoms with Crippen LogP contribution in [0.15, 0.2) is 42.5 Å². The maximum absolute atomic E-state index is 8.97. The lowest BCUT2D eigenvalue weighted by molar-refractivity contribution is 0.867. The van der Waals surface area contributed by atoms with E-state index in [-0.39, 0.29) is 0 Å². The molecule has 0 aliphatic rings. The maximum atomic E-state index is 8.97. The van der Waals surface area contributed by atoms with E-state index in [1.165, 1.54) is 5.56 Å². The largest absolute Gasteiger partial charge is 0.398 e. The summed E-state index contributed by atoms with van der Waals surface area (Å²) < 4.78 is 0.